The number of nitrogens with zero attached hydrogens (tertiary/aromatic N) is 1. The maximum absolute atomic E-state index is 13.5. The molecule has 0 aliphatic heterocycles. The molecule has 82 valence electrons. The zero-order valence-electron chi connectivity index (χ0n) is 8.57. The van der Waals surface area contributed by atoms with E-state index in [1.54, 1.807) is 0 Å². The molecule has 0 saturated carbocycles. The first-order valence-electron chi connectivity index (χ1n) is 4.22. The number of carbonyl (C=O) groups excluding carboxylic acids is 1. The monoisotopic (exact) mass is 217 g/mol. The lowest BCUT2D eigenvalue weighted by atomic mass is 10.1. The van der Waals surface area contributed by atoms with Crippen molar-refractivity contribution in [1.29, 1.82) is 0 Å². The van der Waals surface area contributed by atoms with Crippen LogP contribution >= 0.6 is 0 Å². The average Bonchev–Trinajstić information content (AvgIpc) is 2.10. The summed E-state index contributed by atoms with van der Waals surface area (Å²) in [5.74, 6) is -4.20. The van der Waals surface area contributed by atoms with E-state index in [0.29, 0.717) is 6.07 Å². The van der Waals surface area contributed by atoms with Gasteiger partial charge in [0.2, 0.25) is 0 Å². The van der Waals surface area contributed by atoms with Gasteiger partial charge in [0, 0.05) is 14.1 Å². The quantitative estimate of drug-likeness (QED) is 0.560. The summed E-state index contributed by atoms with van der Waals surface area (Å²) in [6.07, 6.45) is 0. The van der Waals surface area contributed by atoms with E-state index < -0.39 is 34.5 Å². The maximum Gasteiger partial charge on any atom is 0.185 e. The molecule has 0 saturated heterocycles. The van der Waals surface area contributed by atoms with Crippen molar-refractivity contribution in [3.8, 4) is 0 Å². The standard InChI is InChI=1S/C10H10F3NO/c1-5(15)6-4-7(11)9(13)10(8(6)12)14(2)3/h4H,1-3H3. The molecular weight excluding hydrogens is 207 g/mol. The number of anilines is 1. The Morgan fingerprint density at radius 3 is 2.13 bits per heavy atom. The summed E-state index contributed by atoms with van der Waals surface area (Å²) in [4.78, 5) is 12.0. The van der Waals surface area contributed by atoms with Gasteiger partial charge in [-0.25, -0.2) is 13.2 Å². The molecule has 15 heavy (non-hydrogen) atoms. The first kappa shape index (κ1) is 11.6. The van der Waals surface area contributed by atoms with Crippen LogP contribution in [-0.2, 0) is 0 Å². The Hall–Kier alpha value is -1.52. The molecule has 1 rings (SSSR count). The van der Waals surface area contributed by atoms with Crippen LogP contribution in [-0.4, -0.2) is 19.9 Å². The van der Waals surface area contributed by atoms with Gasteiger partial charge in [-0.05, 0) is 13.0 Å². The van der Waals surface area contributed by atoms with E-state index in [4.69, 9.17) is 0 Å². The smallest absolute Gasteiger partial charge is 0.185 e. The molecule has 0 aliphatic carbocycles. The third-order valence-corrected chi connectivity index (χ3v) is 1.96. The molecule has 1 aromatic carbocycles. The lowest BCUT2D eigenvalue weighted by Crippen LogP contribution is -2.16. The fraction of sp³-hybridized carbons (Fsp3) is 0.300. The van der Waals surface area contributed by atoms with Gasteiger partial charge < -0.3 is 4.90 Å². The van der Waals surface area contributed by atoms with Gasteiger partial charge in [-0.15, -0.1) is 0 Å². The normalized spacial score (nSPS) is 10.3. The Labute approximate surface area is 85.3 Å². The number of Topliss-reactive ketones (excluding diaryl/α,β-unsaturated/α-hetero) is 1. The number of hydrogen-bond donors (Lipinski definition) is 0. The van der Waals surface area contributed by atoms with Crippen LogP contribution in [0.15, 0.2) is 6.07 Å². The topological polar surface area (TPSA) is 20.3 Å². The summed E-state index contributed by atoms with van der Waals surface area (Å²) in [6, 6.07) is 0.569. The van der Waals surface area contributed by atoms with Crippen molar-refractivity contribution in [2.45, 2.75) is 6.92 Å². The average molecular weight is 217 g/mol. The van der Waals surface area contributed by atoms with Crippen LogP contribution in [0.5, 0.6) is 0 Å². The van der Waals surface area contributed by atoms with Crippen LogP contribution in [0.3, 0.4) is 0 Å². The molecular formula is C10H10F3NO. The van der Waals surface area contributed by atoms with E-state index in [2.05, 4.69) is 0 Å². The maximum atomic E-state index is 13.5. The van der Waals surface area contributed by atoms with Gasteiger partial charge in [-0.3, -0.25) is 4.79 Å². The molecule has 0 amide bonds. The lowest BCUT2D eigenvalue weighted by molar-refractivity contribution is 0.101. The molecule has 0 heterocycles. The van der Waals surface area contributed by atoms with Crippen molar-refractivity contribution in [2.24, 2.45) is 0 Å². The Kier molecular flexibility index (Phi) is 3.02. The van der Waals surface area contributed by atoms with Gasteiger partial charge in [0.15, 0.2) is 23.2 Å². The predicted octanol–water partition coefficient (Wildman–Crippen LogP) is 2.37. The van der Waals surface area contributed by atoms with E-state index in [1.807, 2.05) is 0 Å². The van der Waals surface area contributed by atoms with Crippen LogP contribution in [0.25, 0.3) is 0 Å². The minimum absolute atomic E-state index is 0.447. The van der Waals surface area contributed by atoms with E-state index in [-0.39, 0.29) is 0 Å². The second kappa shape index (κ2) is 3.92. The zero-order valence-corrected chi connectivity index (χ0v) is 8.57. The number of rotatable bonds is 2. The Morgan fingerprint density at radius 2 is 1.73 bits per heavy atom. The summed E-state index contributed by atoms with van der Waals surface area (Å²) in [5, 5.41) is 0. The second-order valence-electron chi connectivity index (χ2n) is 3.33. The van der Waals surface area contributed by atoms with Crippen molar-refractivity contribution >= 4 is 11.5 Å². The highest BCUT2D eigenvalue weighted by Gasteiger charge is 2.21. The molecule has 0 aliphatic rings. The number of carbonyl (C=O) groups is 1. The van der Waals surface area contributed by atoms with Gasteiger partial charge >= 0.3 is 0 Å². The summed E-state index contributed by atoms with van der Waals surface area (Å²) < 4.78 is 39.8. The third kappa shape index (κ3) is 1.95. The predicted molar refractivity (Wildman–Crippen MR) is 50.6 cm³/mol. The fourth-order valence-corrected chi connectivity index (χ4v) is 1.24. The van der Waals surface area contributed by atoms with E-state index in [0.717, 1.165) is 11.8 Å². The van der Waals surface area contributed by atoms with E-state index in [9.17, 15) is 18.0 Å². The molecule has 2 nitrogen and oxygen atoms in total. The minimum Gasteiger partial charge on any atom is -0.373 e. The third-order valence-electron chi connectivity index (χ3n) is 1.96. The highest BCUT2D eigenvalue weighted by atomic mass is 19.2. The lowest BCUT2D eigenvalue weighted by Gasteiger charge is -2.16. The molecule has 0 radical (unpaired) electrons. The summed E-state index contributed by atoms with van der Waals surface area (Å²) in [6.45, 7) is 1.09. The first-order chi connectivity index (χ1) is 6.86. The van der Waals surface area contributed by atoms with Gasteiger partial charge in [-0.2, -0.15) is 0 Å². The molecule has 0 unspecified atom stereocenters. The second-order valence-corrected chi connectivity index (χ2v) is 3.33. The van der Waals surface area contributed by atoms with Gasteiger partial charge in [0.25, 0.3) is 0 Å². The molecule has 1 aromatic rings. The SMILES string of the molecule is CC(=O)c1cc(F)c(F)c(N(C)C)c1F. The van der Waals surface area contributed by atoms with Crippen molar-refractivity contribution in [1.82, 2.24) is 0 Å². The van der Waals surface area contributed by atoms with Crippen LogP contribution in [0.2, 0.25) is 0 Å². The molecule has 0 bridgehead atoms. The minimum atomic E-state index is -1.29. The number of halogens is 3. The van der Waals surface area contributed by atoms with Crippen LogP contribution in [0.1, 0.15) is 17.3 Å². The van der Waals surface area contributed by atoms with Crippen molar-refractivity contribution < 1.29 is 18.0 Å². The Bertz CT molecular complexity index is 416. The van der Waals surface area contributed by atoms with Gasteiger partial charge in [0.1, 0.15) is 5.69 Å². The Balaban J connectivity index is 3.56. The first-order valence-corrected chi connectivity index (χ1v) is 4.22. The highest BCUT2D eigenvalue weighted by Crippen LogP contribution is 2.27. The van der Waals surface area contributed by atoms with Crippen LogP contribution < -0.4 is 4.90 Å². The molecule has 0 aromatic heterocycles. The van der Waals surface area contributed by atoms with E-state index >= 15 is 0 Å². The van der Waals surface area contributed by atoms with Crippen molar-refractivity contribution in [3.05, 3.63) is 29.1 Å². The van der Waals surface area contributed by atoms with Crippen LogP contribution in [0, 0.1) is 17.5 Å². The van der Waals surface area contributed by atoms with Gasteiger partial charge in [-0.1, -0.05) is 0 Å². The Morgan fingerprint density at radius 1 is 1.20 bits per heavy atom. The molecule has 0 N–H and O–H groups in total. The van der Waals surface area contributed by atoms with Crippen LogP contribution in [0.4, 0.5) is 18.9 Å². The molecule has 5 heteroatoms. The highest BCUT2D eigenvalue weighted by molar-refractivity contribution is 5.95. The number of benzene rings is 1. The van der Waals surface area contributed by atoms with Crippen molar-refractivity contribution in [2.75, 3.05) is 19.0 Å². The van der Waals surface area contributed by atoms with E-state index in [1.165, 1.54) is 14.1 Å². The molecule has 0 fully saturated rings. The fourth-order valence-electron chi connectivity index (χ4n) is 1.24. The largest absolute Gasteiger partial charge is 0.373 e. The summed E-state index contributed by atoms with van der Waals surface area (Å²) >= 11 is 0. The summed E-state index contributed by atoms with van der Waals surface area (Å²) in [7, 11) is 2.73. The zero-order chi connectivity index (χ0) is 11.7. The molecule has 0 atom stereocenters. The molecule has 0 spiro atoms. The van der Waals surface area contributed by atoms with Crippen molar-refractivity contribution in [3.63, 3.8) is 0 Å². The summed E-state index contributed by atoms with van der Waals surface area (Å²) in [5.41, 5.74) is -0.988. The van der Waals surface area contributed by atoms with Gasteiger partial charge in [0.05, 0.1) is 5.56 Å². The number of hydrogen-bond acceptors (Lipinski definition) is 2. The number of ketones is 1.